The molecule has 0 heterocycles. The molecular formula is C25H32N4O6. The molecule has 0 saturated heterocycles. The van der Waals surface area contributed by atoms with Crippen molar-refractivity contribution in [1.82, 2.24) is 16.0 Å². The van der Waals surface area contributed by atoms with E-state index < -0.39 is 11.8 Å². The number of methoxy groups -OCH3 is 1. The van der Waals surface area contributed by atoms with Crippen molar-refractivity contribution < 1.29 is 29.0 Å². The molecule has 0 aromatic heterocycles. The van der Waals surface area contributed by atoms with Crippen LogP contribution in [-0.4, -0.2) is 55.4 Å². The average molecular weight is 485 g/mol. The van der Waals surface area contributed by atoms with E-state index >= 15 is 0 Å². The second-order valence-electron chi connectivity index (χ2n) is 7.88. The van der Waals surface area contributed by atoms with Crippen molar-refractivity contribution in [2.75, 3.05) is 32.5 Å². The number of nitrogen functional groups attached to an aromatic ring is 1. The summed E-state index contributed by atoms with van der Waals surface area (Å²) in [5, 5.41) is 17.6. The molecule has 0 saturated carbocycles. The summed E-state index contributed by atoms with van der Waals surface area (Å²) < 4.78 is 5.03. The van der Waals surface area contributed by atoms with Gasteiger partial charge in [0.15, 0.2) is 17.3 Å². The minimum Gasteiger partial charge on any atom is -0.504 e. The van der Waals surface area contributed by atoms with E-state index in [-0.39, 0.29) is 43.2 Å². The normalized spacial score (nSPS) is 10.3. The molecule has 2 aromatic carbocycles. The number of amides is 3. The van der Waals surface area contributed by atoms with Crippen LogP contribution in [0.25, 0.3) is 0 Å². The number of carbonyl (C=O) groups is 4. The van der Waals surface area contributed by atoms with Gasteiger partial charge >= 0.3 is 0 Å². The second kappa shape index (κ2) is 14.2. The van der Waals surface area contributed by atoms with E-state index in [1.165, 1.54) is 13.2 Å². The number of ketones is 1. The number of hydrogen-bond acceptors (Lipinski definition) is 7. The molecular weight excluding hydrogens is 452 g/mol. The topological polar surface area (TPSA) is 160 Å². The van der Waals surface area contributed by atoms with Gasteiger partial charge in [-0.05, 0) is 42.7 Å². The lowest BCUT2D eigenvalue weighted by Crippen LogP contribution is -2.33. The third-order valence-electron chi connectivity index (χ3n) is 5.11. The molecule has 10 heteroatoms. The highest BCUT2D eigenvalue weighted by Crippen LogP contribution is 2.26. The number of nitrogens with two attached hydrogens (primary N) is 1. The van der Waals surface area contributed by atoms with Gasteiger partial charge in [0.25, 0.3) is 0 Å². The minimum absolute atomic E-state index is 0.0138. The number of carbonyl (C=O) groups excluding carboxylic acids is 4. The lowest BCUT2D eigenvalue weighted by atomic mass is 10.1. The Bertz CT molecular complexity index is 1040. The predicted molar refractivity (Wildman–Crippen MR) is 131 cm³/mol. The van der Waals surface area contributed by atoms with Crippen molar-refractivity contribution in [3.05, 3.63) is 53.6 Å². The SMILES string of the molecule is COc1cc(CC(=O)NCCCCNC(=O)CC(=O)NCCC(=O)c2ccccc2N)ccc1O. The summed E-state index contributed by atoms with van der Waals surface area (Å²) in [7, 11) is 1.44. The van der Waals surface area contributed by atoms with Crippen LogP contribution in [0.4, 0.5) is 5.69 Å². The molecule has 2 rings (SSSR count). The van der Waals surface area contributed by atoms with Gasteiger partial charge in [0.2, 0.25) is 17.7 Å². The summed E-state index contributed by atoms with van der Waals surface area (Å²) in [5.74, 6) is -0.888. The molecule has 0 aliphatic rings. The lowest BCUT2D eigenvalue weighted by molar-refractivity contribution is -0.129. The van der Waals surface area contributed by atoms with Gasteiger partial charge in [-0.25, -0.2) is 0 Å². The summed E-state index contributed by atoms with van der Waals surface area (Å²) in [5.41, 5.74) is 7.28. The number of hydrogen-bond donors (Lipinski definition) is 5. The number of ether oxygens (including phenoxy) is 1. The summed E-state index contributed by atoms with van der Waals surface area (Å²) in [6.45, 7) is 0.948. The Kier molecular flexibility index (Phi) is 11.1. The zero-order valence-electron chi connectivity index (χ0n) is 19.8. The Labute approximate surface area is 204 Å². The second-order valence-corrected chi connectivity index (χ2v) is 7.88. The largest absolute Gasteiger partial charge is 0.504 e. The molecule has 6 N–H and O–H groups in total. The van der Waals surface area contributed by atoms with Crippen molar-refractivity contribution in [3.63, 3.8) is 0 Å². The smallest absolute Gasteiger partial charge is 0.229 e. The molecule has 3 amide bonds. The molecule has 2 aromatic rings. The van der Waals surface area contributed by atoms with E-state index in [4.69, 9.17) is 10.5 Å². The molecule has 0 fully saturated rings. The van der Waals surface area contributed by atoms with Gasteiger partial charge < -0.3 is 31.5 Å². The number of unbranched alkanes of at least 4 members (excludes halogenated alkanes) is 1. The third kappa shape index (κ3) is 9.75. The van der Waals surface area contributed by atoms with Gasteiger partial charge in [-0.15, -0.1) is 0 Å². The van der Waals surface area contributed by atoms with Crippen LogP contribution >= 0.6 is 0 Å². The number of anilines is 1. The molecule has 0 aliphatic heterocycles. The van der Waals surface area contributed by atoms with Crippen LogP contribution in [0, 0.1) is 0 Å². The van der Waals surface area contributed by atoms with E-state index in [0.29, 0.717) is 42.9 Å². The summed E-state index contributed by atoms with van der Waals surface area (Å²) >= 11 is 0. The maximum Gasteiger partial charge on any atom is 0.229 e. The standard InChI is InChI=1S/C25H32N4O6/c1-35-22-14-17(8-9-21(22)31)15-23(32)27-11-4-5-12-28-24(33)16-25(34)29-13-10-20(30)18-6-2-3-7-19(18)26/h2-3,6-9,14,31H,4-5,10-13,15-16,26H2,1H3,(H,27,32)(H,28,33)(H,29,34). The Balaban J connectivity index is 1.53. The van der Waals surface area contributed by atoms with Crippen LogP contribution in [-0.2, 0) is 20.8 Å². The molecule has 35 heavy (non-hydrogen) atoms. The highest BCUT2D eigenvalue weighted by Gasteiger charge is 2.12. The fraction of sp³-hybridized carbons (Fsp3) is 0.360. The van der Waals surface area contributed by atoms with Gasteiger partial charge in [-0.1, -0.05) is 18.2 Å². The highest BCUT2D eigenvalue weighted by atomic mass is 16.5. The monoisotopic (exact) mass is 484 g/mol. The van der Waals surface area contributed by atoms with Crippen molar-refractivity contribution in [2.24, 2.45) is 0 Å². The molecule has 0 atom stereocenters. The number of nitrogens with one attached hydrogen (secondary N) is 3. The third-order valence-corrected chi connectivity index (χ3v) is 5.11. The Morgan fingerprint density at radius 3 is 2.17 bits per heavy atom. The lowest BCUT2D eigenvalue weighted by Gasteiger charge is -2.09. The molecule has 0 spiro atoms. The van der Waals surface area contributed by atoms with E-state index in [1.54, 1.807) is 36.4 Å². The van der Waals surface area contributed by atoms with Crippen molar-refractivity contribution in [2.45, 2.75) is 32.1 Å². The molecule has 10 nitrogen and oxygen atoms in total. The van der Waals surface area contributed by atoms with Crippen molar-refractivity contribution in [3.8, 4) is 11.5 Å². The van der Waals surface area contributed by atoms with E-state index in [2.05, 4.69) is 16.0 Å². The Morgan fingerprint density at radius 2 is 1.51 bits per heavy atom. The minimum atomic E-state index is -0.463. The number of aromatic hydroxyl groups is 1. The summed E-state index contributed by atoms with van der Waals surface area (Å²) in [6, 6.07) is 11.5. The number of para-hydroxylation sites is 1. The highest BCUT2D eigenvalue weighted by molar-refractivity contribution is 6.01. The molecule has 0 bridgehead atoms. The van der Waals surface area contributed by atoms with E-state index in [9.17, 15) is 24.3 Å². The first kappa shape index (κ1) is 27.2. The van der Waals surface area contributed by atoms with Crippen LogP contribution in [0.3, 0.4) is 0 Å². The fourth-order valence-corrected chi connectivity index (χ4v) is 3.26. The van der Waals surface area contributed by atoms with Gasteiger partial charge in [-0.2, -0.15) is 0 Å². The zero-order valence-corrected chi connectivity index (χ0v) is 19.8. The van der Waals surface area contributed by atoms with Crippen LogP contribution < -0.4 is 26.4 Å². The average Bonchev–Trinajstić information content (AvgIpc) is 2.82. The van der Waals surface area contributed by atoms with Crippen LogP contribution in [0.5, 0.6) is 11.5 Å². The fourth-order valence-electron chi connectivity index (χ4n) is 3.26. The summed E-state index contributed by atoms with van der Waals surface area (Å²) in [4.78, 5) is 47.9. The first-order valence-electron chi connectivity index (χ1n) is 11.3. The van der Waals surface area contributed by atoms with Crippen molar-refractivity contribution in [1.29, 1.82) is 0 Å². The number of phenolic OH excluding ortho intramolecular Hbond substituents is 1. The van der Waals surface area contributed by atoms with Crippen LogP contribution in [0.2, 0.25) is 0 Å². The van der Waals surface area contributed by atoms with E-state index in [1.807, 2.05) is 0 Å². The molecule has 188 valence electrons. The van der Waals surface area contributed by atoms with Crippen LogP contribution in [0.15, 0.2) is 42.5 Å². The molecule has 0 aliphatic carbocycles. The molecule has 0 radical (unpaired) electrons. The Hall–Kier alpha value is -4.08. The number of Topliss-reactive ketones (excluding diaryl/α,β-unsaturated/α-hetero) is 1. The van der Waals surface area contributed by atoms with E-state index in [0.717, 1.165) is 5.56 Å². The number of phenols is 1. The van der Waals surface area contributed by atoms with Gasteiger partial charge in [0.1, 0.15) is 6.42 Å². The van der Waals surface area contributed by atoms with Crippen LogP contribution in [0.1, 0.15) is 41.6 Å². The zero-order chi connectivity index (χ0) is 25.6. The maximum atomic E-state index is 12.1. The quantitative estimate of drug-likeness (QED) is 0.117. The Morgan fingerprint density at radius 1 is 0.886 bits per heavy atom. The summed E-state index contributed by atoms with van der Waals surface area (Å²) in [6.07, 6.45) is 1.21. The van der Waals surface area contributed by atoms with Gasteiger partial charge in [0.05, 0.1) is 13.5 Å². The van der Waals surface area contributed by atoms with Gasteiger partial charge in [-0.3, -0.25) is 19.2 Å². The van der Waals surface area contributed by atoms with Gasteiger partial charge in [0, 0.05) is 37.3 Å². The first-order chi connectivity index (χ1) is 16.8. The predicted octanol–water partition coefficient (Wildman–Crippen LogP) is 1.32. The van der Waals surface area contributed by atoms with Crippen molar-refractivity contribution >= 4 is 29.2 Å². The number of rotatable bonds is 14. The maximum absolute atomic E-state index is 12.1. The number of benzene rings is 2. The molecule has 0 unspecified atom stereocenters. The first-order valence-corrected chi connectivity index (χ1v) is 11.3.